The lowest BCUT2D eigenvalue weighted by atomic mass is 10.1. The second kappa shape index (κ2) is 9.05. The number of amides is 1. The van der Waals surface area contributed by atoms with Gasteiger partial charge in [0.25, 0.3) is 5.91 Å². The summed E-state index contributed by atoms with van der Waals surface area (Å²) >= 11 is 3.44. The van der Waals surface area contributed by atoms with Crippen molar-refractivity contribution in [2.45, 2.75) is 39.7 Å². The van der Waals surface area contributed by atoms with Gasteiger partial charge in [-0.15, -0.1) is 0 Å². The van der Waals surface area contributed by atoms with E-state index in [2.05, 4.69) is 35.1 Å². The molecule has 0 aromatic heterocycles. The highest BCUT2D eigenvalue weighted by Gasteiger charge is 2.09. The molecule has 0 saturated carbocycles. The lowest BCUT2D eigenvalue weighted by Crippen LogP contribution is -2.30. The largest absolute Gasteiger partial charge is 0.483 e. The molecule has 0 radical (unpaired) electrons. The molecule has 1 aromatic carbocycles. The first-order valence-electron chi connectivity index (χ1n) is 7.32. The maximum atomic E-state index is 11.7. The zero-order valence-corrected chi connectivity index (χ0v) is 14.6. The summed E-state index contributed by atoms with van der Waals surface area (Å²) in [4.78, 5) is 11.7. The zero-order chi connectivity index (χ0) is 15.8. The van der Waals surface area contributed by atoms with Gasteiger partial charge < -0.3 is 15.8 Å². The number of ether oxygens (including phenoxy) is 1. The minimum atomic E-state index is -0.0923. The summed E-state index contributed by atoms with van der Waals surface area (Å²) < 4.78 is 6.60. The van der Waals surface area contributed by atoms with Crippen molar-refractivity contribution in [1.29, 1.82) is 0 Å². The highest BCUT2D eigenvalue weighted by molar-refractivity contribution is 9.10. The van der Waals surface area contributed by atoms with Gasteiger partial charge in [-0.1, -0.05) is 29.8 Å². The first-order valence-corrected chi connectivity index (χ1v) is 8.11. The summed E-state index contributed by atoms with van der Waals surface area (Å²) in [6.45, 7) is 6.93. The fraction of sp³-hybridized carbons (Fsp3) is 0.562. The monoisotopic (exact) mass is 356 g/mol. The van der Waals surface area contributed by atoms with Gasteiger partial charge in [0.2, 0.25) is 0 Å². The third kappa shape index (κ3) is 7.48. The molecule has 0 saturated heterocycles. The average molecular weight is 357 g/mol. The molecule has 4 nitrogen and oxygen atoms in total. The van der Waals surface area contributed by atoms with Crippen LogP contribution in [0.4, 0.5) is 0 Å². The van der Waals surface area contributed by atoms with Crippen LogP contribution < -0.4 is 15.8 Å². The normalized spacial score (nSPS) is 12.3. The van der Waals surface area contributed by atoms with Gasteiger partial charge in [0.1, 0.15) is 5.75 Å². The van der Waals surface area contributed by atoms with E-state index in [1.807, 2.05) is 25.1 Å². The van der Waals surface area contributed by atoms with Crippen molar-refractivity contribution in [2.24, 2.45) is 11.7 Å². The second-order valence-electron chi connectivity index (χ2n) is 5.75. The number of rotatable bonds is 8. The molecule has 0 aliphatic heterocycles. The number of carbonyl (C=O) groups excluding carboxylic acids is 1. The molecule has 0 fully saturated rings. The molecule has 0 aliphatic rings. The number of hydrogen-bond acceptors (Lipinski definition) is 3. The summed E-state index contributed by atoms with van der Waals surface area (Å²) in [6.07, 6.45) is 1.68. The van der Waals surface area contributed by atoms with Gasteiger partial charge in [0.05, 0.1) is 0 Å². The number of nitrogens with two attached hydrogens (primary N) is 1. The maximum Gasteiger partial charge on any atom is 0.257 e. The molecule has 3 N–H and O–H groups in total. The Labute approximate surface area is 135 Å². The maximum absolute atomic E-state index is 11.7. The van der Waals surface area contributed by atoms with Crippen LogP contribution in [-0.4, -0.2) is 25.1 Å². The molecule has 1 atom stereocenters. The molecule has 0 spiro atoms. The van der Waals surface area contributed by atoms with Crippen LogP contribution in [0.2, 0.25) is 0 Å². The number of benzene rings is 1. The zero-order valence-electron chi connectivity index (χ0n) is 13.0. The van der Waals surface area contributed by atoms with E-state index in [4.69, 9.17) is 10.5 Å². The van der Waals surface area contributed by atoms with E-state index < -0.39 is 0 Å². The molecule has 5 heteroatoms. The Morgan fingerprint density at radius 3 is 2.71 bits per heavy atom. The molecule has 1 aromatic rings. The number of nitrogens with one attached hydrogen (secondary N) is 1. The molecule has 1 amide bonds. The smallest absolute Gasteiger partial charge is 0.257 e. The summed E-state index contributed by atoms with van der Waals surface area (Å²) in [5, 5.41) is 2.86. The van der Waals surface area contributed by atoms with Crippen molar-refractivity contribution in [3.63, 3.8) is 0 Å². The first kappa shape index (κ1) is 18.0. The minimum absolute atomic E-state index is 0.0334. The van der Waals surface area contributed by atoms with E-state index in [9.17, 15) is 4.79 Å². The van der Waals surface area contributed by atoms with Gasteiger partial charge in [-0.25, -0.2) is 0 Å². The minimum Gasteiger partial charge on any atom is -0.483 e. The van der Waals surface area contributed by atoms with Crippen molar-refractivity contribution < 1.29 is 9.53 Å². The van der Waals surface area contributed by atoms with E-state index in [-0.39, 0.29) is 18.6 Å². The lowest BCUT2D eigenvalue weighted by Gasteiger charge is -2.14. The van der Waals surface area contributed by atoms with Crippen LogP contribution >= 0.6 is 15.9 Å². The number of carbonyl (C=O) groups is 1. The van der Waals surface area contributed by atoms with Crippen molar-refractivity contribution in [2.75, 3.05) is 13.2 Å². The lowest BCUT2D eigenvalue weighted by molar-refractivity contribution is -0.123. The molecular weight excluding hydrogens is 332 g/mol. The topological polar surface area (TPSA) is 64.3 Å². The molecule has 21 heavy (non-hydrogen) atoms. The van der Waals surface area contributed by atoms with Crippen molar-refractivity contribution in [1.82, 2.24) is 5.32 Å². The van der Waals surface area contributed by atoms with Crippen LogP contribution in [-0.2, 0) is 11.2 Å². The molecule has 118 valence electrons. The summed E-state index contributed by atoms with van der Waals surface area (Å²) in [7, 11) is 0. The van der Waals surface area contributed by atoms with Crippen LogP contribution in [0.25, 0.3) is 0 Å². The van der Waals surface area contributed by atoms with Gasteiger partial charge in [-0.05, 0) is 49.4 Å². The molecule has 0 aliphatic carbocycles. The quantitative estimate of drug-likeness (QED) is 0.752. The van der Waals surface area contributed by atoms with Crippen LogP contribution in [0, 0.1) is 5.92 Å². The fourth-order valence-corrected chi connectivity index (χ4v) is 2.30. The Kier molecular flexibility index (Phi) is 7.75. The van der Waals surface area contributed by atoms with E-state index in [0.717, 1.165) is 22.2 Å². The molecule has 1 unspecified atom stereocenters. The predicted octanol–water partition coefficient (Wildman–Crippen LogP) is 2.88. The highest BCUT2D eigenvalue weighted by atomic mass is 79.9. The fourth-order valence-electron chi connectivity index (χ4n) is 1.89. The van der Waals surface area contributed by atoms with Crippen LogP contribution in [0.1, 0.15) is 32.8 Å². The predicted molar refractivity (Wildman–Crippen MR) is 89.5 cm³/mol. The van der Waals surface area contributed by atoms with E-state index >= 15 is 0 Å². The van der Waals surface area contributed by atoms with Gasteiger partial charge in [0, 0.05) is 17.1 Å². The van der Waals surface area contributed by atoms with E-state index in [1.165, 1.54) is 0 Å². The third-order valence-electron chi connectivity index (χ3n) is 2.97. The average Bonchev–Trinajstić information content (AvgIpc) is 2.36. The van der Waals surface area contributed by atoms with Crippen LogP contribution in [0.5, 0.6) is 5.75 Å². The summed E-state index contributed by atoms with van der Waals surface area (Å²) in [5.41, 5.74) is 6.85. The third-order valence-corrected chi connectivity index (χ3v) is 3.46. The Balaban J connectivity index is 2.52. The summed E-state index contributed by atoms with van der Waals surface area (Å²) in [6, 6.07) is 5.79. The number of halogens is 1. The Morgan fingerprint density at radius 1 is 1.38 bits per heavy atom. The Morgan fingerprint density at radius 2 is 2.10 bits per heavy atom. The van der Waals surface area contributed by atoms with Crippen LogP contribution in [0.3, 0.4) is 0 Å². The van der Waals surface area contributed by atoms with Crippen LogP contribution in [0.15, 0.2) is 22.7 Å². The standard InChI is InChI=1S/C16H25BrN2O2/c1-11(2)6-7-19-16(20)10-21-15-5-4-14(17)9-13(15)8-12(3)18/h4-5,9,11-12H,6-8,10,18H2,1-3H3,(H,19,20). The molecule has 0 heterocycles. The van der Waals surface area contributed by atoms with Gasteiger partial charge in [-0.2, -0.15) is 0 Å². The van der Waals surface area contributed by atoms with Crippen molar-refractivity contribution in [3.8, 4) is 5.75 Å². The molecule has 1 rings (SSSR count). The Bertz CT molecular complexity index is 462. The van der Waals surface area contributed by atoms with Crippen molar-refractivity contribution in [3.05, 3.63) is 28.2 Å². The van der Waals surface area contributed by atoms with Crippen molar-refractivity contribution >= 4 is 21.8 Å². The van der Waals surface area contributed by atoms with E-state index in [0.29, 0.717) is 18.9 Å². The highest BCUT2D eigenvalue weighted by Crippen LogP contribution is 2.24. The molecule has 0 bridgehead atoms. The molecular formula is C16H25BrN2O2. The summed E-state index contributed by atoms with van der Waals surface area (Å²) in [5.74, 6) is 1.20. The first-order chi connectivity index (χ1) is 9.88. The number of hydrogen-bond donors (Lipinski definition) is 2. The second-order valence-corrected chi connectivity index (χ2v) is 6.67. The Hall–Kier alpha value is -1.07. The van der Waals surface area contributed by atoms with Gasteiger partial charge >= 0.3 is 0 Å². The van der Waals surface area contributed by atoms with Gasteiger partial charge in [-0.3, -0.25) is 4.79 Å². The van der Waals surface area contributed by atoms with E-state index in [1.54, 1.807) is 0 Å². The SMILES string of the molecule is CC(C)CCNC(=O)COc1ccc(Br)cc1CC(C)N. The van der Waals surface area contributed by atoms with Gasteiger partial charge in [0.15, 0.2) is 6.61 Å².